The van der Waals surface area contributed by atoms with Gasteiger partial charge < -0.3 is 15.5 Å². The standard InChI is InChI=1S/C18H17Cl2N3OS/c19-13-5-8-15(20)16(11-13)22-18(25)21-14-6-3-12(4-7-14)17(24)23-9-1-2-10-23/h3-8,11H,1-2,9-10H2,(H2,21,22,25). The zero-order chi connectivity index (χ0) is 17.8. The molecule has 130 valence electrons. The van der Waals surface area contributed by atoms with Crippen LogP contribution in [0.1, 0.15) is 23.2 Å². The fourth-order valence-corrected chi connectivity index (χ4v) is 3.24. The van der Waals surface area contributed by atoms with Crippen molar-refractivity contribution >= 4 is 57.8 Å². The van der Waals surface area contributed by atoms with Crippen LogP contribution in [-0.2, 0) is 0 Å². The second-order valence-corrected chi connectivity index (χ2v) is 7.03. The number of carbonyl (C=O) groups is 1. The molecule has 1 aliphatic rings. The Morgan fingerprint density at radius 2 is 1.68 bits per heavy atom. The number of amides is 1. The van der Waals surface area contributed by atoms with Gasteiger partial charge in [-0.3, -0.25) is 4.79 Å². The summed E-state index contributed by atoms with van der Waals surface area (Å²) in [5, 5.41) is 7.57. The van der Waals surface area contributed by atoms with E-state index >= 15 is 0 Å². The van der Waals surface area contributed by atoms with Gasteiger partial charge in [-0.05, 0) is 67.5 Å². The Labute approximate surface area is 162 Å². The number of thiocarbonyl (C=S) groups is 1. The summed E-state index contributed by atoms with van der Waals surface area (Å²) in [5.41, 5.74) is 2.10. The van der Waals surface area contributed by atoms with Gasteiger partial charge >= 0.3 is 0 Å². The SMILES string of the molecule is O=C(c1ccc(NC(=S)Nc2cc(Cl)ccc2Cl)cc1)N1CCCC1. The highest BCUT2D eigenvalue weighted by atomic mass is 35.5. The van der Waals surface area contributed by atoms with Crippen molar-refractivity contribution < 1.29 is 4.79 Å². The van der Waals surface area contributed by atoms with Crippen LogP contribution >= 0.6 is 35.4 Å². The normalized spacial score (nSPS) is 13.6. The van der Waals surface area contributed by atoms with E-state index in [0.29, 0.717) is 26.4 Å². The predicted molar refractivity (Wildman–Crippen MR) is 108 cm³/mol. The van der Waals surface area contributed by atoms with Crippen molar-refractivity contribution in [1.82, 2.24) is 4.90 Å². The quantitative estimate of drug-likeness (QED) is 0.716. The van der Waals surface area contributed by atoms with Crippen LogP contribution in [0.4, 0.5) is 11.4 Å². The topological polar surface area (TPSA) is 44.4 Å². The summed E-state index contributed by atoms with van der Waals surface area (Å²) in [6.45, 7) is 1.68. The minimum Gasteiger partial charge on any atom is -0.339 e. The number of benzene rings is 2. The smallest absolute Gasteiger partial charge is 0.253 e. The van der Waals surface area contributed by atoms with Gasteiger partial charge in [0, 0.05) is 29.4 Å². The lowest BCUT2D eigenvalue weighted by molar-refractivity contribution is 0.0793. The molecule has 0 radical (unpaired) electrons. The van der Waals surface area contributed by atoms with Gasteiger partial charge in [-0.2, -0.15) is 0 Å². The van der Waals surface area contributed by atoms with Crippen molar-refractivity contribution in [2.24, 2.45) is 0 Å². The summed E-state index contributed by atoms with van der Waals surface area (Å²) in [4.78, 5) is 14.2. The van der Waals surface area contributed by atoms with E-state index in [9.17, 15) is 4.79 Å². The zero-order valence-electron chi connectivity index (χ0n) is 13.4. The number of nitrogens with one attached hydrogen (secondary N) is 2. The molecule has 1 fully saturated rings. The van der Waals surface area contributed by atoms with Crippen LogP contribution in [0, 0.1) is 0 Å². The first-order valence-electron chi connectivity index (χ1n) is 7.95. The molecule has 0 bridgehead atoms. The molecule has 0 aromatic heterocycles. The molecule has 1 heterocycles. The third-order valence-corrected chi connectivity index (χ3v) is 4.73. The van der Waals surface area contributed by atoms with E-state index < -0.39 is 0 Å². The average Bonchev–Trinajstić information content (AvgIpc) is 3.13. The Bertz CT molecular complexity index is 789. The van der Waals surface area contributed by atoms with Crippen LogP contribution in [0.2, 0.25) is 10.0 Å². The summed E-state index contributed by atoms with van der Waals surface area (Å²) in [6.07, 6.45) is 2.16. The second-order valence-electron chi connectivity index (χ2n) is 5.78. The number of carbonyl (C=O) groups excluding carboxylic acids is 1. The molecule has 25 heavy (non-hydrogen) atoms. The number of halogens is 2. The molecular formula is C18H17Cl2N3OS. The lowest BCUT2D eigenvalue weighted by Gasteiger charge is -2.16. The molecule has 1 amide bonds. The first-order chi connectivity index (χ1) is 12.0. The molecule has 1 saturated heterocycles. The van der Waals surface area contributed by atoms with Gasteiger partial charge in [-0.25, -0.2) is 0 Å². The Hall–Kier alpha value is -1.82. The molecule has 7 heteroatoms. The number of hydrogen-bond donors (Lipinski definition) is 2. The Morgan fingerprint density at radius 1 is 1.00 bits per heavy atom. The fourth-order valence-electron chi connectivity index (χ4n) is 2.68. The lowest BCUT2D eigenvalue weighted by atomic mass is 10.2. The van der Waals surface area contributed by atoms with E-state index in [1.807, 2.05) is 17.0 Å². The third-order valence-electron chi connectivity index (χ3n) is 3.96. The maximum atomic E-state index is 12.3. The molecule has 3 rings (SSSR count). The second kappa shape index (κ2) is 8.04. The predicted octanol–water partition coefficient (Wildman–Crippen LogP) is 5.04. The fraction of sp³-hybridized carbons (Fsp3) is 0.222. The minimum absolute atomic E-state index is 0.0791. The van der Waals surface area contributed by atoms with Gasteiger partial charge in [0.05, 0.1) is 10.7 Å². The molecule has 4 nitrogen and oxygen atoms in total. The molecule has 2 aromatic rings. The minimum atomic E-state index is 0.0791. The van der Waals surface area contributed by atoms with Crippen molar-refractivity contribution in [3.05, 3.63) is 58.1 Å². The largest absolute Gasteiger partial charge is 0.339 e. The van der Waals surface area contributed by atoms with Gasteiger partial charge in [0.15, 0.2) is 5.11 Å². The first kappa shape index (κ1) is 18.0. The van der Waals surface area contributed by atoms with Crippen molar-refractivity contribution in [3.63, 3.8) is 0 Å². The average molecular weight is 394 g/mol. The maximum Gasteiger partial charge on any atom is 0.253 e. The van der Waals surface area contributed by atoms with Crippen LogP contribution in [-0.4, -0.2) is 29.0 Å². The summed E-state index contributed by atoms with van der Waals surface area (Å²) in [7, 11) is 0. The molecule has 2 aromatic carbocycles. The van der Waals surface area contributed by atoms with Crippen LogP contribution in [0.15, 0.2) is 42.5 Å². The first-order valence-corrected chi connectivity index (χ1v) is 9.12. The lowest BCUT2D eigenvalue weighted by Crippen LogP contribution is -2.27. The number of nitrogens with zero attached hydrogens (tertiary/aromatic N) is 1. The van der Waals surface area contributed by atoms with E-state index in [-0.39, 0.29) is 5.91 Å². The number of likely N-dealkylation sites (tertiary alicyclic amines) is 1. The highest BCUT2D eigenvalue weighted by Gasteiger charge is 2.19. The Balaban J connectivity index is 1.61. The molecule has 1 aliphatic heterocycles. The van der Waals surface area contributed by atoms with Crippen molar-refractivity contribution in [2.45, 2.75) is 12.8 Å². The van der Waals surface area contributed by atoms with Gasteiger partial charge in [0.1, 0.15) is 0 Å². The van der Waals surface area contributed by atoms with E-state index in [0.717, 1.165) is 31.6 Å². The molecule has 0 spiro atoms. The van der Waals surface area contributed by atoms with Crippen LogP contribution in [0.5, 0.6) is 0 Å². The van der Waals surface area contributed by atoms with E-state index in [1.54, 1.807) is 30.3 Å². The van der Waals surface area contributed by atoms with Crippen molar-refractivity contribution in [1.29, 1.82) is 0 Å². The maximum absolute atomic E-state index is 12.3. The highest BCUT2D eigenvalue weighted by molar-refractivity contribution is 7.80. The Kier molecular flexibility index (Phi) is 5.78. The Morgan fingerprint density at radius 3 is 2.36 bits per heavy atom. The summed E-state index contributed by atoms with van der Waals surface area (Å²) < 4.78 is 0. The van der Waals surface area contributed by atoms with E-state index in [2.05, 4.69) is 10.6 Å². The third kappa shape index (κ3) is 4.63. The molecule has 0 atom stereocenters. The monoisotopic (exact) mass is 393 g/mol. The van der Waals surface area contributed by atoms with Crippen molar-refractivity contribution in [3.8, 4) is 0 Å². The van der Waals surface area contributed by atoms with Gasteiger partial charge in [-0.15, -0.1) is 0 Å². The molecule has 0 unspecified atom stereocenters. The van der Waals surface area contributed by atoms with Crippen molar-refractivity contribution in [2.75, 3.05) is 23.7 Å². The van der Waals surface area contributed by atoms with E-state index in [4.69, 9.17) is 35.4 Å². The summed E-state index contributed by atoms with van der Waals surface area (Å²) in [6, 6.07) is 12.4. The van der Waals surface area contributed by atoms with Gasteiger partial charge in [0.2, 0.25) is 0 Å². The molecule has 0 aliphatic carbocycles. The number of rotatable bonds is 3. The number of hydrogen-bond acceptors (Lipinski definition) is 2. The van der Waals surface area contributed by atoms with Crippen LogP contribution < -0.4 is 10.6 Å². The molecule has 2 N–H and O–H groups in total. The summed E-state index contributed by atoms with van der Waals surface area (Å²) >= 11 is 17.4. The number of anilines is 2. The zero-order valence-corrected chi connectivity index (χ0v) is 15.7. The van der Waals surface area contributed by atoms with Gasteiger partial charge in [0.25, 0.3) is 5.91 Å². The van der Waals surface area contributed by atoms with Crippen LogP contribution in [0.25, 0.3) is 0 Å². The molecular weight excluding hydrogens is 377 g/mol. The highest BCUT2D eigenvalue weighted by Crippen LogP contribution is 2.25. The molecule has 0 saturated carbocycles. The van der Waals surface area contributed by atoms with Crippen LogP contribution in [0.3, 0.4) is 0 Å². The van der Waals surface area contributed by atoms with Gasteiger partial charge in [-0.1, -0.05) is 23.2 Å². The van der Waals surface area contributed by atoms with E-state index in [1.165, 1.54) is 0 Å². The summed E-state index contributed by atoms with van der Waals surface area (Å²) in [5.74, 6) is 0.0791.